The lowest BCUT2D eigenvalue weighted by atomic mass is 10.1. The molecule has 19 heavy (non-hydrogen) atoms. The molecular weight excluding hydrogens is 270 g/mol. The van der Waals surface area contributed by atoms with Crippen LogP contribution in [0.25, 0.3) is 0 Å². The molecule has 0 spiro atoms. The molecule has 1 aromatic heterocycles. The standard InChI is InChI=1S/C11H19N3O4S/c1-11(2,18-4)9-12-13-10(19-7-8(15)16)14(9)5-6-17-3/h5-7H2,1-4H3,(H,15,16). The van der Waals surface area contributed by atoms with Crippen molar-refractivity contribution >= 4 is 17.7 Å². The highest BCUT2D eigenvalue weighted by Crippen LogP contribution is 2.26. The normalized spacial score (nSPS) is 11.8. The third kappa shape index (κ3) is 4.19. The summed E-state index contributed by atoms with van der Waals surface area (Å²) in [7, 11) is 3.20. The van der Waals surface area contributed by atoms with Crippen LogP contribution in [0.3, 0.4) is 0 Å². The molecule has 0 saturated heterocycles. The molecule has 8 heteroatoms. The monoisotopic (exact) mass is 289 g/mol. The number of carboxylic acids is 1. The Morgan fingerprint density at radius 3 is 2.63 bits per heavy atom. The van der Waals surface area contributed by atoms with E-state index in [1.807, 2.05) is 18.4 Å². The van der Waals surface area contributed by atoms with Crippen molar-refractivity contribution in [3.8, 4) is 0 Å². The van der Waals surface area contributed by atoms with E-state index in [9.17, 15) is 4.79 Å². The predicted octanol–water partition coefficient (Wildman–Crippen LogP) is 0.983. The molecule has 1 heterocycles. The molecular formula is C11H19N3O4S. The number of thioether (sulfide) groups is 1. The lowest BCUT2D eigenvalue weighted by Gasteiger charge is -2.23. The van der Waals surface area contributed by atoms with Crippen molar-refractivity contribution in [3.05, 3.63) is 5.82 Å². The number of carbonyl (C=O) groups is 1. The minimum Gasteiger partial charge on any atom is -0.481 e. The van der Waals surface area contributed by atoms with Crippen molar-refractivity contribution < 1.29 is 19.4 Å². The molecule has 0 unspecified atom stereocenters. The Labute approximate surface area is 116 Å². The van der Waals surface area contributed by atoms with Crippen LogP contribution in [-0.2, 0) is 26.4 Å². The Kier molecular flexibility index (Phi) is 5.77. The van der Waals surface area contributed by atoms with Crippen molar-refractivity contribution in [2.24, 2.45) is 0 Å². The second kappa shape index (κ2) is 6.88. The van der Waals surface area contributed by atoms with Gasteiger partial charge in [-0.2, -0.15) is 0 Å². The van der Waals surface area contributed by atoms with Gasteiger partial charge in [-0.3, -0.25) is 4.79 Å². The summed E-state index contributed by atoms with van der Waals surface area (Å²) in [5.74, 6) is -0.294. The number of carboxylic acid groups (broad SMARTS) is 1. The van der Waals surface area contributed by atoms with Crippen LogP contribution < -0.4 is 0 Å². The first-order valence-electron chi connectivity index (χ1n) is 5.74. The summed E-state index contributed by atoms with van der Waals surface area (Å²) in [5, 5.41) is 17.4. The van der Waals surface area contributed by atoms with Gasteiger partial charge in [0.15, 0.2) is 11.0 Å². The maximum Gasteiger partial charge on any atom is 0.313 e. The summed E-state index contributed by atoms with van der Waals surface area (Å²) in [4.78, 5) is 10.6. The Morgan fingerprint density at radius 2 is 2.11 bits per heavy atom. The van der Waals surface area contributed by atoms with E-state index in [4.69, 9.17) is 14.6 Å². The molecule has 0 amide bonds. The third-order valence-corrected chi connectivity index (χ3v) is 3.56. The molecule has 0 aliphatic heterocycles. The van der Waals surface area contributed by atoms with Gasteiger partial charge in [0.1, 0.15) is 5.60 Å². The Hall–Kier alpha value is -1.12. The Morgan fingerprint density at radius 1 is 1.42 bits per heavy atom. The van der Waals surface area contributed by atoms with E-state index in [0.717, 1.165) is 11.8 Å². The molecule has 0 aliphatic rings. The maximum atomic E-state index is 10.6. The van der Waals surface area contributed by atoms with Crippen LogP contribution >= 0.6 is 11.8 Å². The van der Waals surface area contributed by atoms with Gasteiger partial charge in [-0.25, -0.2) is 0 Å². The highest BCUT2D eigenvalue weighted by molar-refractivity contribution is 7.99. The minimum absolute atomic E-state index is 0.0570. The van der Waals surface area contributed by atoms with Gasteiger partial charge in [-0.1, -0.05) is 11.8 Å². The van der Waals surface area contributed by atoms with Crippen molar-refractivity contribution in [1.82, 2.24) is 14.8 Å². The lowest BCUT2D eigenvalue weighted by molar-refractivity contribution is -0.133. The summed E-state index contributed by atoms with van der Waals surface area (Å²) in [6.07, 6.45) is 0. The fourth-order valence-corrected chi connectivity index (χ4v) is 2.13. The van der Waals surface area contributed by atoms with Gasteiger partial charge in [0.25, 0.3) is 0 Å². The predicted molar refractivity (Wildman–Crippen MR) is 70.3 cm³/mol. The van der Waals surface area contributed by atoms with Gasteiger partial charge in [-0.15, -0.1) is 10.2 Å². The van der Waals surface area contributed by atoms with Crippen LogP contribution in [0.2, 0.25) is 0 Å². The van der Waals surface area contributed by atoms with E-state index in [2.05, 4.69) is 10.2 Å². The summed E-state index contributed by atoms with van der Waals surface area (Å²) in [6, 6.07) is 0. The zero-order chi connectivity index (χ0) is 14.5. The topological polar surface area (TPSA) is 86.5 Å². The first-order valence-corrected chi connectivity index (χ1v) is 6.73. The van der Waals surface area contributed by atoms with E-state index in [1.165, 1.54) is 0 Å². The van der Waals surface area contributed by atoms with Crippen LogP contribution in [0.1, 0.15) is 19.7 Å². The van der Waals surface area contributed by atoms with Gasteiger partial charge in [-0.05, 0) is 13.8 Å². The first-order chi connectivity index (χ1) is 8.92. The van der Waals surface area contributed by atoms with Gasteiger partial charge >= 0.3 is 5.97 Å². The number of nitrogens with zero attached hydrogens (tertiary/aromatic N) is 3. The van der Waals surface area contributed by atoms with Crippen LogP contribution in [0.15, 0.2) is 5.16 Å². The molecule has 1 N–H and O–H groups in total. The van der Waals surface area contributed by atoms with Gasteiger partial charge in [0.05, 0.1) is 12.4 Å². The van der Waals surface area contributed by atoms with Crippen molar-refractivity contribution in [1.29, 1.82) is 0 Å². The molecule has 0 fully saturated rings. The minimum atomic E-state index is -0.890. The van der Waals surface area contributed by atoms with Crippen molar-refractivity contribution in [3.63, 3.8) is 0 Å². The number of ether oxygens (including phenoxy) is 2. The maximum absolute atomic E-state index is 10.6. The zero-order valence-corrected chi connectivity index (χ0v) is 12.4. The molecule has 108 valence electrons. The zero-order valence-electron chi connectivity index (χ0n) is 11.5. The Bertz CT molecular complexity index is 434. The molecule has 1 rings (SSSR count). The van der Waals surface area contributed by atoms with E-state index >= 15 is 0 Å². The highest BCUT2D eigenvalue weighted by atomic mass is 32.2. The van der Waals surface area contributed by atoms with E-state index in [1.54, 1.807) is 14.2 Å². The number of methoxy groups -OCH3 is 2. The van der Waals surface area contributed by atoms with Crippen LogP contribution in [0.5, 0.6) is 0 Å². The molecule has 0 radical (unpaired) electrons. The van der Waals surface area contributed by atoms with Crippen LogP contribution in [0.4, 0.5) is 0 Å². The number of hydrogen-bond acceptors (Lipinski definition) is 6. The Balaban J connectivity index is 3.00. The van der Waals surface area contributed by atoms with E-state index < -0.39 is 11.6 Å². The summed E-state index contributed by atoms with van der Waals surface area (Å²) < 4.78 is 12.3. The van der Waals surface area contributed by atoms with Gasteiger partial charge in [0, 0.05) is 20.8 Å². The molecule has 0 aromatic carbocycles. The smallest absolute Gasteiger partial charge is 0.313 e. The number of hydrogen-bond donors (Lipinski definition) is 1. The quantitative estimate of drug-likeness (QED) is 0.714. The molecule has 0 saturated carbocycles. The van der Waals surface area contributed by atoms with Crippen molar-refractivity contribution in [2.75, 3.05) is 26.6 Å². The molecule has 7 nitrogen and oxygen atoms in total. The number of aromatic nitrogens is 3. The average molecular weight is 289 g/mol. The summed E-state index contributed by atoms with van der Waals surface area (Å²) in [5.41, 5.74) is -0.594. The SMILES string of the molecule is COCCn1c(SCC(=O)O)nnc1C(C)(C)OC. The second-order valence-corrected chi connectivity index (χ2v) is 5.29. The molecule has 0 atom stereocenters. The molecule has 0 bridgehead atoms. The first kappa shape index (κ1) is 15.9. The van der Waals surface area contributed by atoms with E-state index in [-0.39, 0.29) is 5.75 Å². The van der Waals surface area contributed by atoms with Crippen LogP contribution in [-0.4, -0.2) is 52.4 Å². The summed E-state index contributed by atoms with van der Waals surface area (Å²) >= 11 is 1.13. The second-order valence-electron chi connectivity index (χ2n) is 4.35. The number of rotatable bonds is 8. The lowest BCUT2D eigenvalue weighted by Crippen LogP contribution is -2.26. The molecule has 1 aromatic rings. The number of aliphatic carboxylic acids is 1. The summed E-state index contributed by atoms with van der Waals surface area (Å²) in [6.45, 7) is 4.80. The average Bonchev–Trinajstić information content (AvgIpc) is 2.77. The molecule has 0 aliphatic carbocycles. The fraction of sp³-hybridized carbons (Fsp3) is 0.727. The highest BCUT2D eigenvalue weighted by Gasteiger charge is 2.28. The third-order valence-electron chi connectivity index (χ3n) is 2.61. The van der Waals surface area contributed by atoms with E-state index in [0.29, 0.717) is 24.1 Å². The fourth-order valence-electron chi connectivity index (χ4n) is 1.44. The van der Waals surface area contributed by atoms with Crippen molar-refractivity contribution in [2.45, 2.75) is 31.1 Å². The van der Waals surface area contributed by atoms with Crippen LogP contribution in [0, 0.1) is 0 Å². The largest absolute Gasteiger partial charge is 0.481 e. The van der Waals surface area contributed by atoms with Gasteiger partial charge < -0.3 is 19.1 Å². The van der Waals surface area contributed by atoms with Gasteiger partial charge in [0.2, 0.25) is 0 Å².